The summed E-state index contributed by atoms with van der Waals surface area (Å²) < 4.78 is 7.77. The third-order valence-corrected chi connectivity index (χ3v) is 9.18. The van der Waals surface area contributed by atoms with Crippen molar-refractivity contribution in [2.24, 2.45) is 5.92 Å². The first-order chi connectivity index (χ1) is 20.3. The summed E-state index contributed by atoms with van der Waals surface area (Å²) in [6.07, 6.45) is 5.44. The Kier molecular flexibility index (Phi) is 7.98. The number of ether oxygens (including phenoxy) is 1. The van der Waals surface area contributed by atoms with Crippen molar-refractivity contribution < 1.29 is 9.53 Å². The Balaban J connectivity index is 1.54. The number of carbonyl (C=O) groups excluding carboxylic acids is 1. The topological polar surface area (TPSA) is 83.8 Å². The maximum atomic E-state index is 14.1. The zero-order valence-electron chi connectivity index (χ0n) is 24.7. The molecular weight excluding hydrogens is 552 g/mol. The molecule has 1 aromatic carbocycles. The molecule has 9 nitrogen and oxygen atoms in total. The second-order valence-electron chi connectivity index (χ2n) is 11.6. The molecule has 3 fully saturated rings. The third-order valence-electron chi connectivity index (χ3n) is 8.90. The number of amides is 1. The lowest BCUT2D eigenvalue weighted by atomic mass is 10.0. The van der Waals surface area contributed by atoms with E-state index in [0.717, 1.165) is 41.6 Å². The minimum Gasteiger partial charge on any atom is -0.374 e. The van der Waals surface area contributed by atoms with Gasteiger partial charge in [0.15, 0.2) is 5.65 Å². The number of hydrogen-bond donors (Lipinski definition) is 0. The van der Waals surface area contributed by atoms with Gasteiger partial charge in [-0.25, -0.2) is 14.3 Å². The number of rotatable bonds is 7. The number of aryl methyl sites for hydroxylation is 2. The molecule has 1 amide bonds. The number of para-hydroxylation sites is 1. The molecule has 1 saturated carbocycles. The minimum absolute atomic E-state index is 0.0697. The van der Waals surface area contributed by atoms with Crippen molar-refractivity contribution in [3.05, 3.63) is 63.6 Å². The van der Waals surface area contributed by atoms with Crippen molar-refractivity contribution in [1.29, 1.82) is 0 Å². The van der Waals surface area contributed by atoms with Crippen molar-refractivity contribution >= 4 is 40.2 Å². The van der Waals surface area contributed by atoms with Gasteiger partial charge in [-0.3, -0.25) is 4.79 Å². The van der Waals surface area contributed by atoms with E-state index < -0.39 is 0 Å². The zero-order valence-corrected chi connectivity index (χ0v) is 25.4. The van der Waals surface area contributed by atoms with Gasteiger partial charge in [-0.1, -0.05) is 50.2 Å². The molecule has 2 atom stereocenters. The van der Waals surface area contributed by atoms with Gasteiger partial charge in [0.2, 0.25) is 5.91 Å². The fraction of sp³-hybridized carbons (Fsp3) is 0.500. The number of piperazine rings is 1. The smallest absolute Gasteiger partial charge is 0.355 e. The molecule has 1 aliphatic carbocycles. The normalized spacial score (nSPS) is 21.2. The van der Waals surface area contributed by atoms with Crippen LogP contribution in [0.2, 0.25) is 5.02 Å². The molecule has 6 rings (SSSR count). The van der Waals surface area contributed by atoms with Gasteiger partial charge in [0.25, 0.3) is 0 Å². The molecule has 3 aromatic rings. The average molecular weight is 591 g/mol. The Morgan fingerprint density at radius 3 is 2.48 bits per heavy atom. The van der Waals surface area contributed by atoms with Crippen LogP contribution in [0.4, 0.5) is 11.6 Å². The molecule has 2 saturated heterocycles. The molecule has 0 N–H and O–H groups in total. The third kappa shape index (κ3) is 5.17. The van der Waals surface area contributed by atoms with E-state index in [0.29, 0.717) is 61.0 Å². The Hall–Kier alpha value is -3.43. The van der Waals surface area contributed by atoms with Crippen LogP contribution in [0.5, 0.6) is 0 Å². The van der Waals surface area contributed by atoms with Crippen molar-refractivity contribution in [3.8, 4) is 5.69 Å². The lowest BCUT2D eigenvalue weighted by molar-refractivity contribution is -0.126. The Bertz CT molecular complexity index is 1560. The van der Waals surface area contributed by atoms with E-state index in [1.807, 2.05) is 19.1 Å². The first kappa shape index (κ1) is 28.7. The fourth-order valence-electron chi connectivity index (χ4n) is 6.46. The van der Waals surface area contributed by atoms with E-state index in [9.17, 15) is 9.59 Å². The predicted octanol–water partition coefficient (Wildman–Crippen LogP) is 4.40. The number of aromatic nitrogens is 3. The maximum Gasteiger partial charge on any atom is 0.355 e. The van der Waals surface area contributed by atoms with Gasteiger partial charge in [-0.15, -0.1) is 0 Å². The second kappa shape index (κ2) is 11.7. The van der Waals surface area contributed by atoms with Crippen molar-refractivity contribution in [2.75, 3.05) is 49.1 Å². The van der Waals surface area contributed by atoms with Crippen LogP contribution < -0.4 is 15.5 Å². The van der Waals surface area contributed by atoms with Crippen molar-refractivity contribution in [3.63, 3.8) is 0 Å². The molecule has 0 spiro atoms. The Labute approximate surface area is 251 Å². The second-order valence-corrected chi connectivity index (χ2v) is 12.0. The minimum atomic E-state index is -0.372. The average Bonchev–Trinajstić information content (AvgIpc) is 3.86. The molecule has 0 radical (unpaired) electrons. The largest absolute Gasteiger partial charge is 0.374 e. The van der Waals surface area contributed by atoms with Crippen LogP contribution >= 0.6 is 11.6 Å². The van der Waals surface area contributed by atoms with Crippen molar-refractivity contribution in [2.45, 2.75) is 58.6 Å². The molecule has 2 aromatic heterocycles. The Morgan fingerprint density at radius 2 is 1.83 bits per heavy atom. The standard InChI is InChI=1S/C32H39ClN6O3/c1-5-21-9-8-10-22(6-2)28(21)39-30-24(17-25(33)31(34-30)37-15-16-42-26(19-37)23-11-12-23)29(35-32(39)41)38-14-13-36(18-20(38)4)27(40)7-3/h7-10,17,20,23,26H,3,5-6,11-16,18-19H2,1-2,4H3. The number of pyridine rings is 1. The zero-order chi connectivity index (χ0) is 29.5. The van der Waals surface area contributed by atoms with E-state index >= 15 is 0 Å². The molecular formula is C32H39ClN6O3. The highest BCUT2D eigenvalue weighted by Crippen LogP contribution is 2.39. The van der Waals surface area contributed by atoms with Gasteiger partial charge >= 0.3 is 5.69 Å². The number of halogens is 1. The van der Waals surface area contributed by atoms with Crippen LogP contribution in [0, 0.1) is 5.92 Å². The van der Waals surface area contributed by atoms with Crippen LogP contribution in [0.15, 0.2) is 41.7 Å². The molecule has 10 heteroatoms. The first-order valence-corrected chi connectivity index (χ1v) is 15.5. The number of hydrogen-bond acceptors (Lipinski definition) is 7. The van der Waals surface area contributed by atoms with E-state index in [1.54, 1.807) is 9.47 Å². The molecule has 42 heavy (non-hydrogen) atoms. The SMILES string of the molecule is C=CC(=O)N1CCN(c2nc(=O)n(-c3c(CC)cccc3CC)c3nc(N4CCOC(C5CC5)C4)c(Cl)cc23)C(C)C1. The van der Waals surface area contributed by atoms with E-state index in [-0.39, 0.29) is 23.7 Å². The highest BCUT2D eigenvalue weighted by molar-refractivity contribution is 6.33. The predicted molar refractivity (Wildman–Crippen MR) is 167 cm³/mol. The molecule has 222 valence electrons. The molecule has 4 heterocycles. The summed E-state index contributed by atoms with van der Waals surface area (Å²) >= 11 is 7.02. The summed E-state index contributed by atoms with van der Waals surface area (Å²) in [4.78, 5) is 42.4. The number of carbonyl (C=O) groups is 1. The maximum absolute atomic E-state index is 14.1. The van der Waals surface area contributed by atoms with Gasteiger partial charge in [-0.05, 0) is 61.8 Å². The van der Waals surface area contributed by atoms with E-state index in [2.05, 4.69) is 42.4 Å². The number of anilines is 2. The number of benzene rings is 1. The number of morpholine rings is 1. The molecule has 3 aliphatic rings. The summed E-state index contributed by atoms with van der Waals surface area (Å²) in [5, 5.41) is 1.25. The summed E-state index contributed by atoms with van der Waals surface area (Å²) in [5.41, 5.74) is 3.16. The van der Waals surface area contributed by atoms with Crippen LogP contribution in [0.25, 0.3) is 16.7 Å². The van der Waals surface area contributed by atoms with Crippen molar-refractivity contribution in [1.82, 2.24) is 19.4 Å². The lowest BCUT2D eigenvalue weighted by Gasteiger charge is -2.40. The van der Waals surface area contributed by atoms with Crippen LogP contribution in [-0.2, 0) is 22.4 Å². The molecule has 2 aliphatic heterocycles. The fourth-order valence-corrected chi connectivity index (χ4v) is 6.73. The summed E-state index contributed by atoms with van der Waals surface area (Å²) in [6, 6.07) is 8.03. The summed E-state index contributed by atoms with van der Waals surface area (Å²) in [6.45, 7) is 13.5. The summed E-state index contributed by atoms with van der Waals surface area (Å²) in [7, 11) is 0. The lowest BCUT2D eigenvalue weighted by Crippen LogP contribution is -2.54. The highest BCUT2D eigenvalue weighted by atomic mass is 35.5. The van der Waals surface area contributed by atoms with Gasteiger partial charge in [0, 0.05) is 38.8 Å². The highest BCUT2D eigenvalue weighted by Gasteiger charge is 2.36. The van der Waals surface area contributed by atoms with Gasteiger partial charge < -0.3 is 19.4 Å². The number of nitrogens with zero attached hydrogens (tertiary/aromatic N) is 6. The van der Waals surface area contributed by atoms with Gasteiger partial charge in [0.1, 0.15) is 11.6 Å². The van der Waals surface area contributed by atoms with Crippen LogP contribution in [0.3, 0.4) is 0 Å². The van der Waals surface area contributed by atoms with E-state index in [4.69, 9.17) is 26.3 Å². The Morgan fingerprint density at radius 1 is 1.10 bits per heavy atom. The molecule has 0 bridgehead atoms. The van der Waals surface area contributed by atoms with Gasteiger partial charge in [0.05, 0.1) is 28.8 Å². The number of fused-ring (bicyclic) bond motifs is 1. The summed E-state index contributed by atoms with van der Waals surface area (Å²) in [5.74, 6) is 1.72. The molecule has 2 unspecified atom stereocenters. The quantitative estimate of drug-likeness (QED) is 0.377. The van der Waals surface area contributed by atoms with Gasteiger partial charge in [-0.2, -0.15) is 4.98 Å². The van der Waals surface area contributed by atoms with Crippen LogP contribution in [0.1, 0.15) is 44.7 Å². The monoisotopic (exact) mass is 590 g/mol. The van der Waals surface area contributed by atoms with Crippen LogP contribution in [-0.4, -0.2) is 76.8 Å². The first-order valence-electron chi connectivity index (χ1n) is 15.1. The van der Waals surface area contributed by atoms with E-state index in [1.165, 1.54) is 18.9 Å².